The van der Waals surface area contributed by atoms with Crippen molar-refractivity contribution in [3.05, 3.63) is 65.9 Å². The molecule has 1 aromatic heterocycles. The summed E-state index contributed by atoms with van der Waals surface area (Å²) in [5.41, 5.74) is 4.36. The van der Waals surface area contributed by atoms with Gasteiger partial charge in [0, 0.05) is 62.4 Å². The molecular formula is C24H32N4O2S. The highest BCUT2D eigenvalue weighted by molar-refractivity contribution is 7.87. The lowest BCUT2D eigenvalue weighted by Gasteiger charge is -2.30. The Balaban J connectivity index is 1.64. The maximum Gasteiger partial charge on any atom is 0.279 e. The normalized spacial score (nSPS) is 18.9. The van der Waals surface area contributed by atoms with E-state index < -0.39 is 10.2 Å². The number of aromatic amines is 1. The molecule has 3 aromatic rings. The summed E-state index contributed by atoms with van der Waals surface area (Å²) < 4.78 is 30.6. The third-order valence-electron chi connectivity index (χ3n) is 6.24. The third-order valence-corrected chi connectivity index (χ3v) is 7.78. The summed E-state index contributed by atoms with van der Waals surface area (Å²) >= 11 is 0. The third kappa shape index (κ3) is 4.79. The molecule has 6 nitrogen and oxygen atoms in total. The minimum atomic E-state index is -3.52. The Morgan fingerprint density at radius 1 is 1.16 bits per heavy atom. The molecular weight excluding hydrogens is 408 g/mol. The van der Waals surface area contributed by atoms with Crippen LogP contribution in [0.4, 0.5) is 5.69 Å². The number of benzene rings is 2. The highest BCUT2D eigenvalue weighted by Gasteiger charge is 2.28. The van der Waals surface area contributed by atoms with Crippen LogP contribution >= 0.6 is 0 Å². The number of nitrogens with zero attached hydrogens (tertiary/aromatic N) is 2. The fourth-order valence-electron chi connectivity index (χ4n) is 4.44. The molecule has 0 aliphatic carbocycles. The van der Waals surface area contributed by atoms with E-state index in [-0.39, 0.29) is 5.92 Å². The van der Waals surface area contributed by atoms with Gasteiger partial charge >= 0.3 is 0 Å². The van der Waals surface area contributed by atoms with E-state index >= 15 is 0 Å². The summed E-state index contributed by atoms with van der Waals surface area (Å²) in [5.74, 6) is 0.303. The Hall–Kier alpha value is -2.35. The first kappa shape index (κ1) is 21.9. The highest BCUT2D eigenvalue weighted by atomic mass is 32.2. The van der Waals surface area contributed by atoms with E-state index in [1.165, 1.54) is 0 Å². The van der Waals surface area contributed by atoms with Gasteiger partial charge in [0.05, 0.1) is 0 Å². The number of rotatable bonds is 7. The maximum atomic E-state index is 13.0. The van der Waals surface area contributed by atoms with Crippen LogP contribution in [-0.4, -0.2) is 51.4 Å². The summed E-state index contributed by atoms with van der Waals surface area (Å²) in [5, 5.41) is 1.12. The quantitative estimate of drug-likeness (QED) is 0.585. The van der Waals surface area contributed by atoms with Crippen LogP contribution in [0.1, 0.15) is 36.8 Å². The van der Waals surface area contributed by atoms with Crippen LogP contribution < -0.4 is 9.62 Å². The summed E-state index contributed by atoms with van der Waals surface area (Å²) in [6.07, 6.45) is 4.01. The molecule has 1 fully saturated rings. The van der Waals surface area contributed by atoms with Gasteiger partial charge in [-0.15, -0.1) is 0 Å². The Morgan fingerprint density at radius 3 is 2.61 bits per heavy atom. The second kappa shape index (κ2) is 9.02. The molecule has 2 heterocycles. The number of hydrogen-bond donors (Lipinski definition) is 2. The minimum absolute atomic E-state index is 0.0932. The summed E-state index contributed by atoms with van der Waals surface area (Å²) in [4.78, 5) is 5.40. The lowest BCUT2D eigenvalue weighted by atomic mass is 9.91. The van der Waals surface area contributed by atoms with Gasteiger partial charge in [0.25, 0.3) is 10.2 Å². The van der Waals surface area contributed by atoms with Crippen molar-refractivity contribution in [2.45, 2.75) is 25.7 Å². The van der Waals surface area contributed by atoms with Crippen molar-refractivity contribution >= 4 is 26.8 Å². The van der Waals surface area contributed by atoms with E-state index in [1.807, 2.05) is 38.5 Å². The Labute approximate surface area is 185 Å². The van der Waals surface area contributed by atoms with Crippen molar-refractivity contribution in [3.8, 4) is 0 Å². The predicted molar refractivity (Wildman–Crippen MR) is 128 cm³/mol. The lowest BCUT2D eigenvalue weighted by Crippen LogP contribution is -2.46. The summed E-state index contributed by atoms with van der Waals surface area (Å²) in [7, 11) is 0.507. The van der Waals surface area contributed by atoms with Crippen LogP contribution in [0, 0.1) is 5.92 Å². The van der Waals surface area contributed by atoms with E-state index in [9.17, 15) is 8.42 Å². The van der Waals surface area contributed by atoms with Gasteiger partial charge in [0.1, 0.15) is 0 Å². The number of anilines is 1. The second-order valence-electron chi connectivity index (χ2n) is 8.79. The molecule has 2 unspecified atom stereocenters. The van der Waals surface area contributed by atoms with Crippen molar-refractivity contribution in [1.82, 2.24) is 14.0 Å². The minimum Gasteiger partial charge on any atom is -0.378 e. The molecule has 7 heteroatoms. The van der Waals surface area contributed by atoms with Crippen LogP contribution in [0.25, 0.3) is 10.9 Å². The Morgan fingerprint density at radius 2 is 1.90 bits per heavy atom. The first-order valence-corrected chi connectivity index (χ1v) is 12.4. The Bertz CT molecular complexity index is 1120. The molecule has 0 amide bonds. The lowest BCUT2D eigenvalue weighted by molar-refractivity contribution is 0.278. The smallest absolute Gasteiger partial charge is 0.279 e. The van der Waals surface area contributed by atoms with E-state index in [1.54, 1.807) is 4.31 Å². The van der Waals surface area contributed by atoms with E-state index in [0.29, 0.717) is 25.6 Å². The number of piperidine rings is 1. The number of fused-ring (bicyclic) bond motifs is 1. The molecule has 2 N–H and O–H groups in total. The molecule has 1 aliphatic heterocycles. The fraction of sp³-hybridized carbons (Fsp3) is 0.417. The molecule has 4 rings (SSSR count). The number of para-hydroxylation sites is 1. The van der Waals surface area contributed by atoms with E-state index in [0.717, 1.165) is 40.6 Å². The molecule has 1 saturated heterocycles. The average molecular weight is 441 g/mol. The SMILES string of the molecule is CC1CCCN(S(=O)(=O)NCC(c2ccc(N(C)C)cc2)c2c[nH]c3ccccc23)C1. The van der Waals surface area contributed by atoms with Crippen LogP contribution in [0.2, 0.25) is 0 Å². The fourth-order valence-corrected chi connectivity index (χ4v) is 5.82. The topological polar surface area (TPSA) is 68.4 Å². The first-order chi connectivity index (χ1) is 14.8. The van der Waals surface area contributed by atoms with Gasteiger partial charge in [-0.25, -0.2) is 4.72 Å². The number of aromatic nitrogens is 1. The number of hydrogen-bond acceptors (Lipinski definition) is 3. The highest BCUT2D eigenvalue weighted by Crippen LogP contribution is 2.32. The van der Waals surface area contributed by atoms with Crippen LogP contribution in [0.5, 0.6) is 0 Å². The monoisotopic (exact) mass is 440 g/mol. The van der Waals surface area contributed by atoms with Gasteiger partial charge in [0.15, 0.2) is 0 Å². The van der Waals surface area contributed by atoms with Gasteiger partial charge in [-0.3, -0.25) is 0 Å². The summed E-state index contributed by atoms with van der Waals surface area (Å²) in [6.45, 7) is 3.61. The second-order valence-corrected chi connectivity index (χ2v) is 10.5. The van der Waals surface area contributed by atoms with Gasteiger partial charge < -0.3 is 9.88 Å². The van der Waals surface area contributed by atoms with Gasteiger partial charge in [-0.05, 0) is 48.1 Å². The largest absolute Gasteiger partial charge is 0.378 e. The average Bonchev–Trinajstić information content (AvgIpc) is 3.18. The zero-order chi connectivity index (χ0) is 22.0. The number of nitrogens with one attached hydrogen (secondary N) is 2. The Kier molecular flexibility index (Phi) is 6.36. The molecule has 1 aliphatic rings. The molecule has 2 aromatic carbocycles. The molecule has 2 atom stereocenters. The van der Waals surface area contributed by atoms with Crippen molar-refractivity contribution in [2.24, 2.45) is 5.92 Å². The van der Waals surface area contributed by atoms with Crippen LogP contribution in [0.3, 0.4) is 0 Å². The molecule has 31 heavy (non-hydrogen) atoms. The van der Waals surface area contributed by atoms with Crippen molar-refractivity contribution in [3.63, 3.8) is 0 Å². The molecule has 166 valence electrons. The van der Waals surface area contributed by atoms with Gasteiger partial charge in [-0.2, -0.15) is 12.7 Å². The standard InChI is InChI=1S/C24H32N4O2S/c1-18-7-6-14-28(17-18)31(29,30)26-16-22(19-10-12-20(13-11-19)27(2)3)23-15-25-24-9-5-4-8-21(23)24/h4-5,8-13,15,18,22,25-26H,6-7,14,16-17H2,1-3H3. The van der Waals surface area contributed by atoms with Crippen molar-refractivity contribution in [1.29, 1.82) is 0 Å². The molecule has 0 radical (unpaired) electrons. The van der Waals surface area contributed by atoms with Gasteiger partial charge in [-0.1, -0.05) is 37.3 Å². The van der Waals surface area contributed by atoms with Crippen molar-refractivity contribution in [2.75, 3.05) is 38.6 Å². The van der Waals surface area contributed by atoms with E-state index in [4.69, 9.17) is 0 Å². The molecule has 0 bridgehead atoms. The molecule has 0 spiro atoms. The van der Waals surface area contributed by atoms with Crippen LogP contribution in [0.15, 0.2) is 54.7 Å². The first-order valence-electron chi connectivity index (χ1n) is 10.9. The zero-order valence-corrected chi connectivity index (χ0v) is 19.3. The van der Waals surface area contributed by atoms with Crippen LogP contribution in [-0.2, 0) is 10.2 Å². The maximum absolute atomic E-state index is 13.0. The zero-order valence-electron chi connectivity index (χ0n) is 18.5. The number of H-pyrrole nitrogens is 1. The van der Waals surface area contributed by atoms with Crippen molar-refractivity contribution < 1.29 is 8.42 Å². The summed E-state index contributed by atoms with van der Waals surface area (Å²) in [6, 6.07) is 16.5. The van der Waals surface area contributed by atoms with Gasteiger partial charge in [0.2, 0.25) is 0 Å². The molecule has 0 saturated carbocycles. The van der Waals surface area contributed by atoms with E-state index in [2.05, 4.69) is 51.9 Å². The predicted octanol–water partition coefficient (Wildman–Crippen LogP) is 3.93.